The molecule has 1 aliphatic carbocycles. The molecule has 1 heterocycles. The van der Waals surface area contributed by atoms with Gasteiger partial charge in [-0.25, -0.2) is 0 Å². The molecule has 2 aliphatic rings. The largest absolute Gasteiger partial charge is 0.500 e. The van der Waals surface area contributed by atoms with Crippen LogP contribution in [0.2, 0.25) is 5.02 Å². The number of fused-ring (bicyclic) bond motifs is 1. The van der Waals surface area contributed by atoms with Crippen LogP contribution in [0, 0.1) is 10.1 Å². The third-order valence-corrected chi connectivity index (χ3v) is 6.73. The number of hydrogen-bond donors (Lipinski definition) is 3. The van der Waals surface area contributed by atoms with E-state index < -0.39 is 22.4 Å². The molecule has 0 spiro atoms. The van der Waals surface area contributed by atoms with Crippen LogP contribution < -0.4 is 15.4 Å². The molecule has 3 aromatic carbocycles. The highest BCUT2D eigenvalue weighted by Crippen LogP contribution is 2.47. The Morgan fingerprint density at radius 2 is 1.77 bits per heavy atom. The van der Waals surface area contributed by atoms with Gasteiger partial charge in [0, 0.05) is 28.8 Å². The Morgan fingerprint density at radius 3 is 2.46 bits per heavy atom. The zero-order valence-corrected chi connectivity index (χ0v) is 19.5. The van der Waals surface area contributed by atoms with Crippen LogP contribution in [0.15, 0.2) is 71.9 Å². The molecule has 35 heavy (non-hydrogen) atoms. The minimum atomic E-state index is -0.687. The molecular formula is C26H22ClN3O5. The van der Waals surface area contributed by atoms with Crippen LogP contribution >= 0.6 is 11.6 Å². The molecule has 2 atom stereocenters. The van der Waals surface area contributed by atoms with Crippen LogP contribution in [0.4, 0.5) is 17.1 Å². The van der Waals surface area contributed by atoms with Gasteiger partial charge in [-0.2, -0.15) is 0 Å². The summed E-state index contributed by atoms with van der Waals surface area (Å²) in [5.41, 5.74) is 3.77. The van der Waals surface area contributed by atoms with E-state index >= 15 is 0 Å². The van der Waals surface area contributed by atoms with Gasteiger partial charge in [0.2, 0.25) is 5.75 Å². The molecule has 0 amide bonds. The number of ketones is 1. The molecule has 9 heteroatoms. The van der Waals surface area contributed by atoms with Crippen molar-refractivity contribution in [3.63, 3.8) is 0 Å². The number of carbonyl (C=O) groups excluding carboxylic acids is 1. The summed E-state index contributed by atoms with van der Waals surface area (Å²) in [6.45, 7) is 0. The SMILES string of the molecule is COc1cc(C2Nc3ccccc3NC3=C2C(=O)CC(c2ccc(Cl)cc2)C3)cc([N+](=O)[O-])c1O. The van der Waals surface area contributed by atoms with Crippen molar-refractivity contribution in [1.82, 2.24) is 0 Å². The van der Waals surface area contributed by atoms with Crippen molar-refractivity contribution >= 4 is 34.4 Å². The van der Waals surface area contributed by atoms with Crippen molar-refractivity contribution in [2.75, 3.05) is 17.7 Å². The van der Waals surface area contributed by atoms with Crippen LogP contribution in [0.5, 0.6) is 11.5 Å². The van der Waals surface area contributed by atoms with Gasteiger partial charge in [0.15, 0.2) is 11.5 Å². The maximum atomic E-state index is 13.6. The molecule has 0 bridgehead atoms. The summed E-state index contributed by atoms with van der Waals surface area (Å²) in [5, 5.41) is 29.4. The van der Waals surface area contributed by atoms with Crippen LogP contribution in [-0.4, -0.2) is 22.9 Å². The normalized spacial score (nSPS) is 19.1. The number of hydrogen-bond acceptors (Lipinski definition) is 7. The number of aromatic hydroxyl groups is 1. The molecule has 178 valence electrons. The van der Waals surface area contributed by atoms with E-state index in [9.17, 15) is 20.0 Å². The molecule has 3 aromatic rings. The van der Waals surface area contributed by atoms with E-state index in [-0.39, 0.29) is 23.9 Å². The van der Waals surface area contributed by atoms with Gasteiger partial charge in [-0.05, 0) is 53.8 Å². The van der Waals surface area contributed by atoms with E-state index in [1.807, 2.05) is 48.5 Å². The quantitative estimate of drug-likeness (QED) is 0.305. The number of allylic oxidation sites excluding steroid dienone is 1. The number of Topliss-reactive ketones (excluding diaryl/α,β-unsaturated/α-hetero) is 1. The first-order chi connectivity index (χ1) is 16.9. The number of nitro groups is 1. The molecule has 0 saturated carbocycles. The van der Waals surface area contributed by atoms with Gasteiger partial charge < -0.3 is 20.5 Å². The van der Waals surface area contributed by atoms with Crippen molar-refractivity contribution in [2.45, 2.75) is 24.8 Å². The van der Waals surface area contributed by atoms with Crippen LogP contribution in [0.3, 0.4) is 0 Å². The van der Waals surface area contributed by atoms with Crippen LogP contribution in [-0.2, 0) is 4.79 Å². The summed E-state index contributed by atoms with van der Waals surface area (Å²) >= 11 is 6.05. The Kier molecular flexibility index (Phi) is 5.82. The first-order valence-electron chi connectivity index (χ1n) is 11.0. The summed E-state index contributed by atoms with van der Waals surface area (Å²) in [5.74, 6) is -0.703. The van der Waals surface area contributed by atoms with E-state index in [4.69, 9.17) is 16.3 Å². The molecule has 0 aromatic heterocycles. The van der Waals surface area contributed by atoms with Gasteiger partial charge in [-0.15, -0.1) is 0 Å². The number of phenolic OH excluding ortho intramolecular Hbond substituents is 1. The fourth-order valence-electron chi connectivity index (χ4n) is 4.79. The molecule has 3 N–H and O–H groups in total. The number of nitrogens with zero attached hydrogens (tertiary/aromatic N) is 1. The number of carbonyl (C=O) groups is 1. The summed E-state index contributed by atoms with van der Waals surface area (Å²) in [6.07, 6.45) is 0.862. The molecule has 8 nitrogen and oxygen atoms in total. The number of ether oxygens (including phenoxy) is 1. The van der Waals surface area contributed by atoms with Gasteiger partial charge in [0.25, 0.3) is 0 Å². The molecule has 0 fully saturated rings. The number of halogens is 1. The number of nitro benzene ring substituents is 1. The van der Waals surface area contributed by atoms with Crippen LogP contribution in [0.1, 0.15) is 35.9 Å². The van der Waals surface area contributed by atoms with E-state index in [1.165, 1.54) is 19.2 Å². The Bertz CT molecular complexity index is 1370. The predicted molar refractivity (Wildman–Crippen MR) is 133 cm³/mol. The summed E-state index contributed by atoms with van der Waals surface area (Å²) in [4.78, 5) is 24.6. The molecule has 5 rings (SSSR count). The van der Waals surface area contributed by atoms with Gasteiger partial charge in [-0.1, -0.05) is 35.9 Å². The Morgan fingerprint density at radius 1 is 1.06 bits per heavy atom. The van der Waals surface area contributed by atoms with Gasteiger partial charge in [0.1, 0.15) is 0 Å². The minimum absolute atomic E-state index is 0.0362. The lowest BCUT2D eigenvalue weighted by Crippen LogP contribution is -2.27. The second-order valence-electron chi connectivity index (χ2n) is 8.57. The standard InChI is InChI=1S/C26H22ClN3O5/c1-35-23-13-16(11-21(26(23)32)30(33)34)25-24-20(28-18-4-2-3-5-19(18)29-25)10-15(12-22(24)31)14-6-8-17(27)9-7-14/h2-9,11,13,15,25,28-29,32H,10,12H2,1H3. The number of para-hydroxylation sites is 2. The second-order valence-corrected chi connectivity index (χ2v) is 9.00. The average Bonchev–Trinajstić information content (AvgIpc) is 3.01. The van der Waals surface area contributed by atoms with Gasteiger partial charge in [-0.3, -0.25) is 14.9 Å². The average molecular weight is 492 g/mol. The van der Waals surface area contributed by atoms with Crippen molar-refractivity contribution in [3.8, 4) is 11.5 Å². The monoisotopic (exact) mass is 491 g/mol. The molecular weight excluding hydrogens is 470 g/mol. The lowest BCUT2D eigenvalue weighted by Gasteiger charge is -2.30. The number of nitrogens with one attached hydrogen (secondary N) is 2. The van der Waals surface area contributed by atoms with Gasteiger partial charge >= 0.3 is 5.69 Å². The highest BCUT2D eigenvalue weighted by molar-refractivity contribution is 6.30. The third kappa shape index (κ3) is 4.17. The fraction of sp³-hybridized carbons (Fsp3) is 0.192. The van der Waals surface area contributed by atoms with E-state index in [2.05, 4.69) is 10.6 Å². The Labute approximate surface area is 206 Å². The summed E-state index contributed by atoms with van der Waals surface area (Å²) < 4.78 is 5.21. The number of methoxy groups -OCH3 is 1. The maximum Gasteiger partial charge on any atom is 0.315 e. The number of rotatable bonds is 4. The highest BCUT2D eigenvalue weighted by Gasteiger charge is 2.37. The lowest BCUT2D eigenvalue weighted by molar-refractivity contribution is -0.386. The van der Waals surface area contributed by atoms with Crippen molar-refractivity contribution < 1.29 is 19.6 Å². The highest BCUT2D eigenvalue weighted by atomic mass is 35.5. The first kappa shape index (κ1) is 22.7. The minimum Gasteiger partial charge on any atom is -0.500 e. The number of benzene rings is 3. The summed E-state index contributed by atoms with van der Waals surface area (Å²) in [7, 11) is 1.33. The zero-order chi connectivity index (χ0) is 24.7. The smallest absolute Gasteiger partial charge is 0.315 e. The number of anilines is 2. The number of phenols is 1. The predicted octanol–water partition coefficient (Wildman–Crippen LogP) is 5.94. The van der Waals surface area contributed by atoms with Crippen molar-refractivity contribution in [2.24, 2.45) is 0 Å². The van der Waals surface area contributed by atoms with E-state index in [0.29, 0.717) is 22.6 Å². The zero-order valence-electron chi connectivity index (χ0n) is 18.7. The first-order valence-corrected chi connectivity index (χ1v) is 11.4. The van der Waals surface area contributed by atoms with Crippen molar-refractivity contribution in [1.29, 1.82) is 0 Å². The summed E-state index contributed by atoms with van der Waals surface area (Å²) in [6, 6.07) is 17.2. The van der Waals surface area contributed by atoms with Crippen molar-refractivity contribution in [3.05, 3.63) is 98.2 Å². The topological polar surface area (TPSA) is 114 Å². The fourth-order valence-corrected chi connectivity index (χ4v) is 4.91. The molecule has 1 aliphatic heterocycles. The second kappa shape index (κ2) is 8.96. The van der Waals surface area contributed by atoms with Gasteiger partial charge in [0.05, 0.1) is 29.4 Å². The lowest BCUT2D eigenvalue weighted by atomic mass is 9.78. The third-order valence-electron chi connectivity index (χ3n) is 6.48. The molecule has 2 unspecified atom stereocenters. The van der Waals surface area contributed by atoms with E-state index in [1.54, 1.807) is 0 Å². The Balaban J connectivity index is 1.65. The van der Waals surface area contributed by atoms with E-state index in [0.717, 1.165) is 22.6 Å². The maximum absolute atomic E-state index is 13.6. The molecule has 0 radical (unpaired) electrons. The Hall–Kier alpha value is -4.04. The molecule has 0 saturated heterocycles. The van der Waals surface area contributed by atoms with Crippen LogP contribution in [0.25, 0.3) is 0 Å².